The van der Waals surface area contributed by atoms with E-state index in [9.17, 15) is 10.1 Å². The van der Waals surface area contributed by atoms with E-state index in [0.717, 1.165) is 31.5 Å². The third-order valence-electron chi connectivity index (χ3n) is 5.08. The molecule has 0 unspecified atom stereocenters. The lowest BCUT2D eigenvalue weighted by Crippen LogP contribution is -2.38. The van der Waals surface area contributed by atoms with Gasteiger partial charge in [-0.05, 0) is 30.5 Å². The topological polar surface area (TPSA) is 86.3 Å². The van der Waals surface area contributed by atoms with Crippen LogP contribution < -0.4 is 0 Å². The highest BCUT2D eigenvalue weighted by molar-refractivity contribution is 5.56. The van der Waals surface area contributed by atoms with Crippen LogP contribution in [-0.2, 0) is 18.0 Å². The summed E-state index contributed by atoms with van der Waals surface area (Å²) in [6.45, 7) is 3.23. The van der Waals surface area contributed by atoms with Gasteiger partial charge >= 0.3 is 0 Å². The Balaban J connectivity index is 1.26. The highest BCUT2D eigenvalue weighted by Crippen LogP contribution is 2.20. The maximum Gasteiger partial charge on any atom is 0.269 e. The molecule has 3 aromatic rings. The van der Waals surface area contributed by atoms with Gasteiger partial charge in [0.05, 0.1) is 24.3 Å². The quantitative estimate of drug-likeness (QED) is 0.451. The predicted octanol–water partition coefficient (Wildman–Crippen LogP) is 3.49. The molecule has 0 amide bonds. The molecule has 29 heavy (non-hydrogen) atoms. The van der Waals surface area contributed by atoms with Crippen molar-refractivity contribution in [2.45, 2.75) is 32.2 Å². The average Bonchev–Trinajstić information content (AvgIpc) is 3.22. The second-order valence-corrected chi connectivity index (χ2v) is 7.17. The standard InChI is InChI=1S/C21H23N5O3/c27-26(28)19-8-6-18(7-9-19)21-22-15-25(23-21)16-24-12-10-20(11-13-24)29-14-17-4-2-1-3-5-17/h1-9,15,20H,10-14,16H2. The third-order valence-corrected chi connectivity index (χ3v) is 5.08. The molecule has 0 bridgehead atoms. The molecule has 1 aromatic heterocycles. The second kappa shape index (κ2) is 8.93. The fourth-order valence-corrected chi connectivity index (χ4v) is 3.44. The fraction of sp³-hybridized carbons (Fsp3) is 0.333. The van der Waals surface area contributed by atoms with E-state index >= 15 is 0 Å². The van der Waals surface area contributed by atoms with Crippen LogP contribution in [0.2, 0.25) is 0 Å². The Morgan fingerprint density at radius 1 is 1.07 bits per heavy atom. The van der Waals surface area contributed by atoms with Gasteiger partial charge in [-0.1, -0.05) is 30.3 Å². The number of rotatable bonds is 7. The van der Waals surface area contributed by atoms with Gasteiger partial charge in [-0.25, -0.2) is 9.67 Å². The van der Waals surface area contributed by atoms with Crippen molar-refractivity contribution in [1.29, 1.82) is 0 Å². The highest BCUT2D eigenvalue weighted by Gasteiger charge is 2.20. The number of nitro groups is 1. The lowest BCUT2D eigenvalue weighted by atomic mass is 10.1. The summed E-state index contributed by atoms with van der Waals surface area (Å²) in [5, 5.41) is 15.3. The molecular formula is C21H23N5O3. The van der Waals surface area contributed by atoms with E-state index in [1.54, 1.807) is 18.5 Å². The van der Waals surface area contributed by atoms with Crippen molar-refractivity contribution in [1.82, 2.24) is 19.7 Å². The largest absolute Gasteiger partial charge is 0.373 e. The normalized spacial score (nSPS) is 15.4. The van der Waals surface area contributed by atoms with Crippen LogP contribution >= 0.6 is 0 Å². The molecular weight excluding hydrogens is 370 g/mol. The van der Waals surface area contributed by atoms with Crippen molar-refractivity contribution < 1.29 is 9.66 Å². The Kier molecular flexibility index (Phi) is 5.92. The molecule has 150 valence electrons. The van der Waals surface area contributed by atoms with Crippen molar-refractivity contribution >= 4 is 5.69 Å². The van der Waals surface area contributed by atoms with Crippen LogP contribution in [0.15, 0.2) is 60.9 Å². The first-order chi connectivity index (χ1) is 14.2. The van der Waals surface area contributed by atoms with Gasteiger partial charge < -0.3 is 4.74 Å². The first kappa shape index (κ1) is 19.2. The molecule has 0 radical (unpaired) electrons. The molecule has 0 saturated carbocycles. The Bertz CT molecular complexity index is 934. The molecule has 0 spiro atoms. The van der Waals surface area contributed by atoms with Crippen LogP contribution in [-0.4, -0.2) is 43.8 Å². The van der Waals surface area contributed by atoms with E-state index in [0.29, 0.717) is 19.1 Å². The summed E-state index contributed by atoms with van der Waals surface area (Å²) < 4.78 is 7.85. The highest BCUT2D eigenvalue weighted by atomic mass is 16.6. The summed E-state index contributed by atoms with van der Waals surface area (Å²) in [5.41, 5.74) is 2.03. The smallest absolute Gasteiger partial charge is 0.269 e. The lowest BCUT2D eigenvalue weighted by Gasteiger charge is -2.31. The molecule has 8 nitrogen and oxygen atoms in total. The van der Waals surface area contributed by atoms with Gasteiger partial charge in [0, 0.05) is 30.8 Å². The molecule has 1 aliphatic rings. The lowest BCUT2D eigenvalue weighted by molar-refractivity contribution is -0.384. The van der Waals surface area contributed by atoms with E-state index in [-0.39, 0.29) is 11.8 Å². The summed E-state index contributed by atoms with van der Waals surface area (Å²) in [4.78, 5) is 17.0. The number of hydrogen-bond acceptors (Lipinski definition) is 6. The minimum Gasteiger partial charge on any atom is -0.373 e. The Labute approximate surface area is 168 Å². The molecule has 1 fully saturated rings. The molecule has 0 N–H and O–H groups in total. The number of ether oxygens (including phenoxy) is 1. The molecule has 8 heteroatoms. The number of piperidine rings is 1. The van der Waals surface area contributed by atoms with Crippen LogP contribution in [0.5, 0.6) is 0 Å². The first-order valence-electron chi connectivity index (χ1n) is 9.69. The average molecular weight is 393 g/mol. The van der Waals surface area contributed by atoms with Gasteiger partial charge in [0.2, 0.25) is 0 Å². The van der Waals surface area contributed by atoms with Crippen LogP contribution in [0.1, 0.15) is 18.4 Å². The van der Waals surface area contributed by atoms with Crippen molar-refractivity contribution in [3.05, 3.63) is 76.6 Å². The molecule has 2 heterocycles. The summed E-state index contributed by atoms with van der Waals surface area (Å²) in [7, 11) is 0. The van der Waals surface area contributed by atoms with Crippen LogP contribution in [0.25, 0.3) is 11.4 Å². The zero-order valence-electron chi connectivity index (χ0n) is 16.1. The number of aromatic nitrogens is 3. The number of hydrogen-bond donors (Lipinski definition) is 0. The predicted molar refractivity (Wildman–Crippen MR) is 108 cm³/mol. The Morgan fingerprint density at radius 2 is 1.79 bits per heavy atom. The first-order valence-corrected chi connectivity index (χ1v) is 9.69. The fourth-order valence-electron chi connectivity index (χ4n) is 3.44. The summed E-state index contributed by atoms with van der Waals surface area (Å²) >= 11 is 0. The van der Waals surface area contributed by atoms with Crippen molar-refractivity contribution in [3.8, 4) is 11.4 Å². The molecule has 1 aliphatic heterocycles. The van der Waals surface area contributed by atoms with E-state index in [1.807, 2.05) is 22.9 Å². The van der Waals surface area contributed by atoms with Gasteiger partial charge in [0.15, 0.2) is 5.82 Å². The monoisotopic (exact) mass is 393 g/mol. The Hall–Kier alpha value is -3.10. The zero-order chi connectivity index (χ0) is 20.1. The molecule has 0 aliphatic carbocycles. The number of likely N-dealkylation sites (tertiary alicyclic amines) is 1. The van der Waals surface area contributed by atoms with Gasteiger partial charge in [0.25, 0.3) is 5.69 Å². The summed E-state index contributed by atoms with van der Waals surface area (Å²) in [6.07, 6.45) is 3.99. The molecule has 0 atom stereocenters. The third kappa shape index (κ3) is 5.04. The van der Waals surface area contributed by atoms with Crippen molar-refractivity contribution in [2.75, 3.05) is 13.1 Å². The van der Waals surface area contributed by atoms with Crippen LogP contribution in [0.4, 0.5) is 5.69 Å². The van der Waals surface area contributed by atoms with Gasteiger partial charge in [-0.3, -0.25) is 15.0 Å². The minimum atomic E-state index is -0.414. The number of benzene rings is 2. The van der Waals surface area contributed by atoms with E-state index in [4.69, 9.17) is 4.74 Å². The van der Waals surface area contributed by atoms with E-state index in [2.05, 4.69) is 27.1 Å². The second-order valence-electron chi connectivity index (χ2n) is 7.17. The maximum atomic E-state index is 10.8. The maximum absolute atomic E-state index is 10.8. The zero-order valence-corrected chi connectivity index (χ0v) is 16.1. The van der Waals surface area contributed by atoms with Crippen LogP contribution in [0.3, 0.4) is 0 Å². The van der Waals surface area contributed by atoms with E-state index in [1.165, 1.54) is 17.7 Å². The van der Waals surface area contributed by atoms with Crippen molar-refractivity contribution in [3.63, 3.8) is 0 Å². The molecule has 2 aromatic carbocycles. The molecule has 4 rings (SSSR count). The molecule has 1 saturated heterocycles. The van der Waals surface area contributed by atoms with Gasteiger partial charge in [0.1, 0.15) is 6.33 Å². The van der Waals surface area contributed by atoms with E-state index < -0.39 is 4.92 Å². The van der Waals surface area contributed by atoms with Crippen LogP contribution in [0, 0.1) is 10.1 Å². The van der Waals surface area contributed by atoms with Gasteiger partial charge in [-0.2, -0.15) is 0 Å². The number of non-ortho nitro benzene ring substituents is 1. The summed E-state index contributed by atoms with van der Waals surface area (Å²) in [6, 6.07) is 16.5. The SMILES string of the molecule is O=[N+]([O-])c1ccc(-c2ncn(CN3CCC(OCc4ccccc4)CC3)n2)cc1. The van der Waals surface area contributed by atoms with Gasteiger partial charge in [-0.15, -0.1) is 5.10 Å². The number of nitro benzene ring substituents is 1. The number of nitrogens with zero attached hydrogens (tertiary/aromatic N) is 5. The van der Waals surface area contributed by atoms with Crippen molar-refractivity contribution in [2.24, 2.45) is 0 Å². The minimum absolute atomic E-state index is 0.0607. The Morgan fingerprint density at radius 3 is 2.48 bits per heavy atom. The summed E-state index contributed by atoms with van der Waals surface area (Å²) in [5.74, 6) is 0.570.